The highest BCUT2D eigenvalue weighted by molar-refractivity contribution is 5.78. The SMILES string of the molecule is Cc1nccc(N2CCN(C(=O)COc3c(C)cccc3C)CC2)n1. The van der Waals surface area contributed by atoms with Gasteiger partial charge in [0.15, 0.2) is 6.61 Å². The number of hydrogen-bond acceptors (Lipinski definition) is 5. The number of rotatable bonds is 4. The van der Waals surface area contributed by atoms with Crippen molar-refractivity contribution in [3.05, 3.63) is 47.4 Å². The predicted octanol–water partition coefficient (Wildman–Crippen LogP) is 2.13. The molecule has 6 heteroatoms. The molecule has 2 aromatic rings. The number of piperazine rings is 1. The number of benzene rings is 1. The summed E-state index contributed by atoms with van der Waals surface area (Å²) in [6.45, 7) is 8.85. The van der Waals surface area contributed by atoms with Gasteiger partial charge in [0.1, 0.15) is 17.4 Å². The number of amides is 1. The summed E-state index contributed by atoms with van der Waals surface area (Å²) in [7, 11) is 0. The second kappa shape index (κ2) is 7.51. The maximum atomic E-state index is 12.4. The lowest BCUT2D eigenvalue weighted by Crippen LogP contribution is -2.50. The third kappa shape index (κ3) is 4.07. The van der Waals surface area contributed by atoms with Gasteiger partial charge in [-0.2, -0.15) is 0 Å². The number of hydrogen-bond donors (Lipinski definition) is 0. The standard InChI is InChI=1S/C19H24N4O2/c1-14-5-4-6-15(2)19(14)25-13-18(24)23-11-9-22(10-12-23)17-7-8-20-16(3)21-17/h4-8H,9-13H2,1-3H3. The summed E-state index contributed by atoms with van der Waals surface area (Å²) < 4.78 is 5.78. The Labute approximate surface area is 148 Å². The molecule has 132 valence electrons. The summed E-state index contributed by atoms with van der Waals surface area (Å²) in [6.07, 6.45) is 1.77. The minimum Gasteiger partial charge on any atom is -0.483 e. The Hall–Kier alpha value is -2.63. The number of para-hydroxylation sites is 1. The van der Waals surface area contributed by atoms with E-state index in [1.54, 1.807) is 6.20 Å². The van der Waals surface area contributed by atoms with Crippen LogP contribution in [0.1, 0.15) is 17.0 Å². The predicted molar refractivity (Wildman–Crippen MR) is 97.0 cm³/mol. The van der Waals surface area contributed by atoms with E-state index < -0.39 is 0 Å². The van der Waals surface area contributed by atoms with E-state index in [1.807, 2.05) is 49.9 Å². The van der Waals surface area contributed by atoms with Crippen molar-refractivity contribution < 1.29 is 9.53 Å². The molecule has 0 bridgehead atoms. The maximum absolute atomic E-state index is 12.4. The monoisotopic (exact) mass is 340 g/mol. The first-order valence-corrected chi connectivity index (χ1v) is 8.56. The average Bonchev–Trinajstić information content (AvgIpc) is 2.61. The van der Waals surface area contributed by atoms with Crippen molar-refractivity contribution in [3.63, 3.8) is 0 Å². The number of aromatic nitrogens is 2. The lowest BCUT2D eigenvalue weighted by molar-refractivity contribution is -0.133. The van der Waals surface area contributed by atoms with E-state index >= 15 is 0 Å². The van der Waals surface area contributed by atoms with Gasteiger partial charge in [0.2, 0.25) is 0 Å². The van der Waals surface area contributed by atoms with Gasteiger partial charge in [0.05, 0.1) is 0 Å². The van der Waals surface area contributed by atoms with Crippen LogP contribution in [-0.2, 0) is 4.79 Å². The normalized spacial score (nSPS) is 14.5. The van der Waals surface area contributed by atoms with E-state index in [-0.39, 0.29) is 12.5 Å². The molecule has 1 fully saturated rings. The van der Waals surface area contributed by atoms with Crippen molar-refractivity contribution in [1.29, 1.82) is 0 Å². The van der Waals surface area contributed by atoms with Crippen LogP contribution in [0.15, 0.2) is 30.5 Å². The van der Waals surface area contributed by atoms with Crippen LogP contribution < -0.4 is 9.64 Å². The lowest BCUT2D eigenvalue weighted by atomic mass is 10.1. The Morgan fingerprint density at radius 1 is 1.08 bits per heavy atom. The molecule has 6 nitrogen and oxygen atoms in total. The van der Waals surface area contributed by atoms with Crippen LogP contribution in [0.5, 0.6) is 5.75 Å². The zero-order chi connectivity index (χ0) is 17.8. The smallest absolute Gasteiger partial charge is 0.260 e. The van der Waals surface area contributed by atoms with Crippen molar-refractivity contribution in [3.8, 4) is 5.75 Å². The molecule has 3 rings (SSSR count). The van der Waals surface area contributed by atoms with E-state index in [2.05, 4.69) is 14.9 Å². The fraction of sp³-hybridized carbons (Fsp3) is 0.421. The second-order valence-corrected chi connectivity index (χ2v) is 6.34. The van der Waals surface area contributed by atoms with Crippen LogP contribution in [0.4, 0.5) is 5.82 Å². The van der Waals surface area contributed by atoms with Crippen LogP contribution in [0.2, 0.25) is 0 Å². The van der Waals surface area contributed by atoms with Gasteiger partial charge in [-0.25, -0.2) is 9.97 Å². The molecule has 25 heavy (non-hydrogen) atoms. The van der Waals surface area contributed by atoms with Gasteiger partial charge in [0.25, 0.3) is 5.91 Å². The maximum Gasteiger partial charge on any atom is 0.260 e. The quantitative estimate of drug-likeness (QED) is 0.853. The zero-order valence-electron chi connectivity index (χ0n) is 15.0. The molecule has 0 aliphatic carbocycles. The largest absolute Gasteiger partial charge is 0.483 e. The molecule has 2 heterocycles. The molecule has 1 aromatic carbocycles. The Bertz CT molecular complexity index is 735. The van der Waals surface area contributed by atoms with Gasteiger partial charge in [-0.1, -0.05) is 18.2 Å². The highest BCUT2D eigenvalue weighted by atomic mass is 16.5. The van der Waals surface area contributed by atoms with E-state index in [1.165, 1.54) is 0 Å². The van der Waals surface area contributed by atoms with Gasteiger partial charge in [-0.3, -0.25) is 4.79 Å². The zero-order valence-corrected chi connectivity index (χ0v) is 15.0. The minimum atomic E-state index is 0.0289. The molecule has 1 amide bonds. The number of ether oxygens (including phenoxy) is 1. The molecule has 0 unspecified atom stereocenters. The third-order valence-corrected chi connectivity index (χ3v) is 4.47. The topological polar surface area (TPSA) is 58.6 Å². The number of carbonyl (C=O) groups excluding carboxylic acids is 1. The molecule has 0 spiro atoms. The highest BCUT2D eigenvalue weighted by Gasteiger charge is 2.22. The fourth-order valence-electron chi connectivity index (χ4n) is 3.06. The van der Waals surface area contributed by atoms with Crippen LogP contribution in [0, 0.1) is 20.8 Å². The van der Waals surface area contributed by atoms with Crippen molar-refractivity contribution in [2.75, 3.05) is 37.7 Å². The Balaban J connectivity index is 1.53. The number of anilines is 1. The van der Waals surface area contributed by atoms with Crippen molar-refractivity contribution in [1.82, 2.24) is 14.9 Å². The summed E-state index contributed by atoms with van der Waals surface area (Å²) in [4.78, 5) is 25.1. The molecule has 0 N–H and O–H groups in total. The molecular formula is C19H24N4O2. The number of carbonyl (C=O) groups is 1. The van der Waals surface area contributed by atoms with Gasteiger partial charge in [0, 0.05) is 32.4 Å². The Morgan fingerprint density at radius 2 is 1.76 bits per heavy atom. The van der Waals surface area contributed by atoms with Crippen LogP contribution in [0.3, 0.4) is 0 Å². The second-order valence-electron chi connectivity index (χ2n) is 6.34. The highest BCUT2D eigenvalue weighted by Crippen LogP contribution is 2.22. The van der Waals surface area contributed by atoms with E-state index in [0.29, 0.717) is 13.1 Å². The van der Waals surface area contributed by atoms with Gasteiger partial charge < -0.3 is 14.5 Å². The Morgan fingerprint density at radius 3 is 2.40 bits per heavy atom. The summed E-state index contributed by atoms with van der Waals surface area (Å²) in [5.74, 6) is 2.52. The first-order chi connectivity index (χ1) is 12.0. The molecule has 1 aromatic heterocycles. The molecule has 1 aliphatic rings. The van der Waals surface area contributed by atoms with Gasteiger partial charge in [-0.05, 0) is 38.0 Å². The molecule has 0 radical (unpaired) electrons. The van der Waals surface area contributed by atoms with Gasteiger partial charge in [-0.15, -0.1) is 0 Å². The van der Waals surface area contributed by atoms with Crippen molar-refractivity contribution in [2.45, 2.75) is 20.8 Å². The number of aryl methyl sites for hydroxylation is 3. The fourth-order valence-corrected chi connectivity index (χ4v) is 3.06. The molecule has 0 atom stereocenters. The van der Waals surface area contributed by atoms with Crippen molar-refractivity contribution in [2.24, 2.45) is 0 Å². The first kappa shape index (κ1) is 17.2. The Kier molecular flexibility index (Phi) is 5.16. The molecule has 0 saturated carbocycles. The van der Waals surface area contributed by atoms with Crippen LogP contribution >= 0.6 is 0 Å². The van der Waals surface area contributed by atoms with E-state index in [0.717, 1.165) is 41.6 Å². The number of nitrogens with zero attached hydrogens (tertiary/aromatic N) is 4. The third-order valence-electron chi connectivity index (χ3n) is 4.47. The van der Waals surface area contributed by atoms with Crippen LogP contribution in [0.25, 0.3) is 0 Å². The van der Waals surface area contributed by atoms with E-state index in [4.69, 9.17) is 4.74 Å². The van der Waals surface area contributed by atoms with Crippen LogP contribution in [-0.4, -0.2) is 53.6 Å². The summed E-state index contributed by atoms with van der Waals surface area (Å²) in [5.41, 5.74) is 2.11. The first-order valence-electron chi connectivity index (χ1n) is 8.56. The lowest BCUT2D eigenvalue weighted by Gasteiger charge is -2.35. The van der Waals surface area contributed by atoms with Crippen molar-refractivity contribution >= 4 is 11.7 Å². The molecule has 1 saturated heterocycles. The summed E-state index contributed by atoms with van der Waals surface area (Å²) in [6, 6.07) is 7.90. The molecular weight excluding hydrogens is 316 g/mol. The molecule has 1 aliphatic heterocycles. The summed E-state index contributed by atoms with van der Waals surface area (Å²) >= 11 is 0. The van der Waals surface area contributed by atoms with Gasteiger partial charge >= 0.3 is 0 Å². The van der Waals surface area contributed by atoms with E-state index in [9.17, 15) is 4.79 Å². The average molecular weight is 340 g/mol. The minimum absolute atomic E-state index is 0.0289. The summed E-state index contributed by atoms with van der Waals surface area (Å²) in [5, 5.41) is 0.